The summed E-state index contributed by atoms with van der Waals surface area (Å²) < 4.78 is 10.5. The van der Waals surface area contributed by atoms with Gasteiger partial charge in [0.25, 0.3) is 11.6 Å². The Balaban J connectivity index is 1.85. The van der Waals surface area contributed by atoms with Crippen LogP contribution in [0, 0.1) is 16.0 Å². The lowest BCUT2D eigenvalue weighted by Gasteiger charge is -2.20. The van der Waals surface area contributed by atoms with E-state index in [1.54, 1.807) is 43.5 Å². The Labute approximate surface area is 173 Å². The molecule has 9 heteroatoms. The van der Waals surface area contributed by atoms with Crippen molar-refractivity contribution in [1.82, 2.24) is 15.5 Å². The fraction of sp³-hybridized carbons (Fsp3) is 0.286. The molecule has 156 valence electrons. The van der Waals surface area contributed by atoms with Crippen molar-refractivity contribution in [3.8, 4) is 17.1 Å². The number of non-ortho nitro benzene ring substituents is 1. The first kappa shape index (κ1) is 21.0. The lowest BCUT2D eigenvalue weighted by atomic mass is 9.98. The molecule has 0 radical (unpaired) electrons. The number of nitrogens with zero attached hydrogens (tertiary/aromatic N) is 3. The van der Waals surface area contributed by atoms with E-state index in [9.17, 15) is 14.9 Å². The highest BCUT2D eigenvalue weighted by Crippen LogP contribution is 2.27. The summed E-state index contributed by atoms with van der Waals surface area (Å²) in [7, 11) is 1.56. The number of nitro groups is 1. The maximum absolute atomic E-state index is 12.7. The van der Waals surface area contributed by atoms with Crippen molar-refractivity contribution in [2.75, 3.05) is 7.11 Å². The molecule has 2 atom stereocenters. The van der Waals surface area contributed by atoms with Crippen LogP contribution in [0.2, 0.25) is 0 Å². The van der Waals surface area contributed by atoms with E-state index in [1.807, 2.05) is 13.8 Å². The highest BCUT2D eigenvalue weighted by molar-refractivity contribution is 5.94. The summed E-state index contributed by atoms with van der Waals surface area (Å²) in [6.07, 6.45) is 0.766. The minimum absolute atomic E-state index is 0.0191. The third-order valence-corrected chi connectivity index (χ3v) is 4.87. The van der Waals surface area contributed by atoms with Crippen LogP contribution in [-0.4, -0.2) is 28.1 Å². The summed E-state index contributed by atoms with van der Waals surface area (Å²) in [5, 5.41) is 17.9. The summed E-state index contributed by atoms with van der Waals surface area (Å²) in [6.45, 7) is 3.96. The molecule has 0 aliphatic heterocycles. The minimum Gasteiger partial charge on any atom is -0.497 e. The maximum atomic E-state index is 12.7. The molecule has 0 fully saturated rings. The Morgan fingerprint density at radius 1 is 1.27 bits per heavy atom. The SMILES string of the molecule is CC[C@@H](C)[C@@H](NC(=O)c1ccc(OC)cc1)c1nc(-c2cccc([N+](=O)[O-])c2)no1. The van der Waals surface area contributed by atoms with Gasteiger partial charge in [-0.05, 0) is 30.2 Å². The van der Waals surface area contributed by atoms with Crippen molar-refractivity contribution >= 4 is 11.6 Å². The first-order chi connectivity index (χ1) is 14.4. The Morgan fingerprint density at radius 3 is 2.63 bits per heavy atom. The van der Waals surface area contributed by atoms with Crippen LogP contribution in [0.3, 0.4) is 0 Å². The van der Waals surface area contributed by atoms with Gasteiger partial charge in [-0.15, -0.1) is 0 Å². The normalized spacial score (nSPS) is 12.8. The lowest BCUT2D eigenvalue weighted by Crippen LogP contribution is -2.32. The molecule has 1 aromatic heterocycles. The van der Waals surface area contributed by atoms with Crippen LogP contribution in [0.4, 0.5) is 5.69 Å². The number of carbonyl (C=O) groups excluding carboxylic acids is 1. The van der Waals surface area contributed by atoms with Gasteiger partial charge in [0, 0.05) is 23.3 Å². The van der Waals surface area contributed by atoms with Gasteiger partial charge in [0.1, 0.15) is 11.8 Å². The molecule has 0 spiro atoms. The largest absolute Gasteiger partial charge is 0.497 e. The predicted octanol–water partition coefficient (Wildman–Crippen LogP) is 4.17. The van der Waals surface area contributed by atoms with Gasteiger partial charge in [0.2, 0.25) is 11.7 Å². The molecule has 30 heavy (non-hydrogen) atoms. The Morgan fingerprint density at radius 2 is 2.00 bits per heavy atom. The molecule has 3 aromatic rings. The van der Waals surface area contributed by atoms with E-state index in [2.05, 4.69) is 15.5 Å². The zero-order chi connectivity index (χ0) is 21.7. The molecule has 1 N–H and O–H groups in total. The summed E-state index contributed by atoms with van der Waals surface area (Å²) in [4.78, 5) is 27.6. The monoisotopic (exact) mass is 410 g/mol. The van der Waals surface area contributed by atoms with Gasteiger partial charge in [-0.1, -0.05) is 37.6 Å². The summed E-state index contributed by atoms with van der Waals surface area (Å²) in [5.74, 6) is 0.862. The molecule has 0 saturated heterocycles. The van der Waals surface area contributed by atoms with E-state index < -0.39 is 11.0 Å². The summed E-state index contributed by atoms with van der Waals surface area (Å²) in [6, 6.07) is 12.2. The molecule has 3 rings (SSSR count). The number of benzene rings is 2. The molecule has 0 saturated carbocycles. The quantitative estimate of drug-likeness (QED) is 0.437. The van der Waals surface area contributed by atoms with E-state index in [0.29, 0.717) is 16.9 Å². The second-order valence-corrected chi connectivity index (χ2v) is 6.83. The molecular weight excluding hydrogens is 388 g/mol. The molecule has 2 aromatic carbocycles. The average Bonchev–Trinajstić information content (AvgIpc) is 3.27. The molecule has 0 bridgehead atoms. The Hall–Kier alpha value is -3.75. The zero-order valence-corrected chi connectivity index (χ0v) is 16.9. The molecule has 1 amide bonds. The number of carbonyl (C=O) groups is 1. The van der Waals surface area contributed by atoms with E-state index in [1.165, 1.54) is 12.1 Å². The molecular formula is C21H22N4O5. The number of rotatable bonds is 8. The smallest absolute Gasteiger partial charge is 0.270 e. The highest BCUT2D eigenvalue weighted by Gasteiger charge is 2.27. The Bertz CT molecular complexity index is 1030. The van der Waals surface area contributed by atoms with Crippen LogP contribution in [0.15, 0.2) is 53.1 Å². The van der Waals surface area contributed by atoms with Gasteiger partial charge in [0.05, 0.1) is 12.0 Å². The van der Waals surface area contributed by atoms with Crippen molar-refractivity contribution < 1.29 is 19.0 Å². The van der Waals surface area contributed by atoms with Gasteiger partial charge < -0.3 is 14.6 Å². The number of nitrogens with one attached hydrogen (secondary N) is 1. The molecule has 0 aliphatic rings. The first-order valence-electron chi connectivity index (χ1n) is 9.46. The van der Waals surface area contributed by atoms with Gasteiger partial charge in [-0.2, -0.15) is 4.98 Å². The highest BCUT2D eigenvalue weighted by atomic mass is 16.6. The van der Waals surface area contributed by atoms with Crippen molar-refractivity contribution in [1.29, 1.82) is 0 Å². The van der Waals surface area contributed by atoms with Crippen molar-refractivity contribution in [3.05, 3.63) is 70.1 Å². The number of nitro benzene ring substituents is 1. The number of methoxy groups -OCH3 is 1. The van der Waals surface area contributed by atoms with Crippen LogP contribution in [0.5, 0.6) is 5.75 Å². The fourth-order valence-corrected chi connectivity index (χ4v) is 2.89. The van der Waals surface area contributed by atoms with Crippen LogP contribution in [0.25, 0.3) is 11.4 Å². The summed E-state index contributed by atoms with van der Waals surface area (Å²) >= 11 is 0. The minimum atomic E-state index is -0.510. The Kier molecular flexibility index (Phi) is 6.41. The van der Waals surface area contributed by atoms with Crippen molar-refractivity contribution in [2.24, 2.45) is 5.92 Å². The van der Waals surface area contributed by atoms with E-state index >= 15 is 0 Å². The number of ether oxygens (including phenoxy) is 1. The predicted molar refractivity (Wildman–Crippen MR) is 109 cm³/mol. The van der Waals surface area contributed by atoms with Crippen LogP contribution in [-0.2, 0) is 0 Å². The topological polar surface area (TPSA) is 120 Å². The lowest BCUT2D eigenvalue weighted by molar-refractivity contribution is -0.384. The zero-order valence-electron chi connectivity index (χ0n) is 16.9. The van der Waals surface area contributed by atoms with Gasteiger partial charge in [0.15, 0.2) is 0 Å². The number of aromatic nitrogens is 2. The number of hydrogen-bond donors (Lipinski definition) is 1. The second-order valence-electron chi connectivity index (χ2n) is 6.83. The molecule has 0 unspecified atom stereocenters. The molecule has 0 aliphatic carbocycles. The third-order valence-electron chi connectivity index (χ3n) is 4.87. The van der Waals surface area contributed by atoms with Crippen LogP contribution < -0.4 is 10.1 Å². The van der Waals surface area contributed by atoms with Gasteiger partial charge in [-0.3, -0.25) is 14.9 Å². The maximum Gasteiger partial charge on any atom is 0.270 e. The molecule has 9 nitrogen and oxygen atoms in total. The standard InChI is InChI=1S/C21H22N4O5/c1-4-13(2)18(22-20(26)14-8-10-17(29-3)11-9-14)21-23-19(24-30-21)15-6-5-7-16(12-15)25(27)28/h5-13,18H,4H2,1-3H3,(H,22,26)/t13-,18-/m1/s1. The summed E-state index contributed by atoms with van der Waals surface area (Å²) in [5.41, 5.74) is 0.872. The first-order valence-corrected chi connectivity index (χ1v) is 9.46. The number of amides is 1. The third kappa shape index (κ3) is 4.62. The van der Waals surface area contributed by atoms with Crippen LogP contribution in [0.1, 0.15) is 42.6 Å². The molecule has 1 heterocycles. The fourth-order valence-electron chi connectivity index (χ4n) is 2.89. The van der Waals surface area contributed by atoms with Crippen molar-refractivity contribution in [3.63, 3.8) is 0 Å². The van der Waals surface area contributed by atoms with Crippen LogP contribution >= 0.6 is 0 Å². The van der Waals surface area contributed by atoms with E-state index in [0.717, 1.165) is 6.42 Å². The van der Waals surface area contributed by atoms with Gasteiger partial charge >= 0.3 is 0 Å². The number of hydrogen-bond acceptors (Lipinski definition) is 7. The van der Waals surface area contributed by atoms with Gasteiger partial charge in [-0.25, -0.2) is 0 Å². The second kappa shape index (κ2) is 9.17. The van der Waals surface area contributed by atoms with E-state index in [-0.39, 0.29) is 29.2 Å². The average molecular weight is 410 g/mol. The van der Waals surface area contributed by atoms with Crippen molar-refractivity contribution in [2.45, 2.75) is 26.3 Å². The van der Waals surface area contributed by atoms with E-state index in [4.69, 9.17) is 9.26 Å².